The molecule has 14 heteroatoms. The third-order valence-corrected chi connectivity index (χ3v) is 8.66. The van der Waals surface area contributed by atoms with E-state index in [1.54, 1.807) is 64.1 Å². The van der Waals surface area contributed by atoms with Crippen LogP contribution in [0.2, 0.25) is 0 Å². The average molecular weight is 740 g/mol. The molecule has 0 spiro atoms. The highest BCUT2D eigenvalue weighted by molar-refractivity contribution is 5.95. The monoisotopic (exact) mass is 739 g/mol. The van der Waals surface area contributed by atoms with Crippen LogP contribution in [0.3, 0.4) is 0 Å². The molecule has 0 saturated carbocycles. The number of unbranched alkanes of at least 4 members (excludes halogenated alkanes) is 1. The number of aromatic hydroxyl groups is 1. The number of ketones is 1. The molecule has 2 aromatic rings. The Morgan fingerprint density at radius 3 is 2.02 bits per heavy atom. The van der Waals surface area contributed by atoms with Gasteiger partial charge in [-0.05, 0) is 87.8 Å². The summed E-state index contributed by atoms with van der Waals surface area (Å²) in [6.45, 7) is 12.5. The van der Waals surface area contributed by atoms with Crippen LogP contribution < -0.4 is 27.2 Å². The number of hydrazine groups is 1. The van der Waals surface area contributed by atoms with Gasteiger partial charge in [0.05, 0.1) is 0 Å². The number of nitrogens with one attached hydrogen (secondary N) is 4. The van der Waals surface area contributed by atoms with Gasteiger partial charge in [0.25, 0.3) is 0 Å². The Kier molecular flexibility index (Phi) is 17.8. The number of phenolic OH excluding ortho intramolecular Hbond substituents is 1. The molecule has 0 saturated heterocycles. The maximum absolute atomic E-state index is 13.2. The van der Waals surface area contributed by atoms with Crippen molar-refractivity contribution in [2.24, 2.45) is 29.4 Å². The van der Waals surface area contributed by atoms with Gasteiger partial charge < -0.3 is 30.9 Å². The van der Waals surface area contributed by atoms with E-state index in [9.17, 15) is 33.9 Å². The number of nitrogens with two attached hydrogens (primary N) is 1. The Bertz CT molecular complexity index is 1520. The lowest BCUT2D eigenvalue weighted by Gasteiger charge is -2.25. The molecule has 2 rings (SSSR count). The van der Waals surface area contributed by atoms with Gasteiger partial charge in [-0.2, -0.15) is 0 Å². The molecular formula is C39H57N5O9. The van der Waals surface area contributed by atoms with E-state index in [4.69, 9.17) is 15.2 Å². The van der Waals surface area contributed by atoms with Crippen LogP contribution in [0.15, 0.2) is 48.5 Å². The van der Waals surface area contributed by atoms with E-state index in [1.165, 1.54) is 12.1 Å². The third kappa shape index (κ3) is 17.8. The molecule has 5 amide bonds. The molecule has 0 radical (unpaired) electrons. The lowest BCUT2D eigenvalue weighted by molar-refractivity contribution is -0.129. The number of primary amides is 1. The second kappa shape index (κ2) is 21.4. The fourth-order valence-electron chi connectivity index (χ4n) is 5.28. The SMILES string of the molecule is CC(C)[C@H](C)C(=O)C[C@@H](CCCCC(N)=O)C(=O)Nc1ccc(COC(=O)NNC(=O)[C@@H](C)C[C@H](Cc2ccc(O)cc2)NC(=O)OC(C)(C)C)cc1. The summed E-state index contributed by atoms with van der Waals surface area (Å²) in [5.74, 6) is -2.33. The number of benzene rings is 2. The van der Waals surface area contributed by atoms with Gasteiger partial charge in [-0.15, -0.1) is 0 Å². The minimum atomic E-state index is -0.894. The van der Waals surface area contributed by atoms with Crippen molar-refractivity contribution in [3.63, 3.8) is 0 Å². The predicted octanol–water partition coefficient (Wildman–Crippen LogP) is 5.66. The van der Waals surface area contributed by atoms with Crippen molar-refractivity contribution < 1.29 is 43.3 Å². The Hall–Kier alpha value is -5.14. The van der Waals surface area contributed by atoms with Crippen molar-refractivity contribution in [3.8, 4) is 5.75 Å². The van der Waals surface area contributed by atoms with Crippen LogP contribution in [0.25, 0.3) is 0 Å². The second-order valence-electron chi connectivity index (χ2n) is 14.8. The molecule has 4 atom stereocenters. The first-order chi connectivity index (χ1) is 24.8. The summed E-state index contributed by atoms with van der Waals surface area (Å²) in [5.41, 5.74) is 11.0. The highest BCUT2D eigenvalue weighted by atomic mass is 16.6. The number of hydrogen-bond donors (Lipinski definition) is 6. The van der Waals surface area contributed by atoms with Crippen LogP contribution in [0, 0.1) is 23.7 Å². The summed E-state index contributed by atoms with van der Waals surface area (Å²) in [6, 6.07) is 12.7. The molecule has 53 heavy (non-hydrogen) atoms. The molecular weight excluding hydrogens is 682 g/mol. The van der Waals surface area contributed by atoms with Gasteiger partial charge in [-0.25, -0.2) is 15.0 Å². The molecule has 0 unspecified atom stereocenters. The fourth-order valence-corrected chi connectivity index (χ4v) is 5.28. The molecule has 0 fully saturated rings. The molecule has 0 bridgehead atoms. The zero-order valence-corrected chi connectivity index (χ0v) is 32.0. The van der Waals surface area contributed by atoms with E-state index in [1.807, 2.05) is 20.8 Å². The number of hydrogen-bond acceptors (Lipinski definition) is 9. The lowest BCUT2D eigenvalue weighted by atomic mass is 9.86. The zero-order chi connectivity index (χ0) is 39.7. The number of phenols is 1. The van der Waals surface area contributed by atoms with Crippen molar-refractivity contribution in [1.29, 1.82) is 0 Å². The highest BCUT2D eigenvalue weighted by Crippen LogP contribution is 2.23. The van der Waals surface area contributed by atoms with Crippen molar-refractivity contribution in [2.45, 2.75) is 112 Å². The van der Waals surface area contributed by atoms with Crippen molar-refractivity contribution >= 4 is 41.4 Å². The van der Waals surface area contributed by atoms with Gasteiger partial charge >= 0.3 is 12.2 Å². The van der Waals surface area contributed by atoms with Crippen LogP contribution in [0.4, 0.5) is 15.3 Å². The van der Waals surface area contributed by atoms with Crippen LogP contribution in [0.5, 0.6) is 5.75 Å². The largest absolute Gasteiger partial charge is 0.508 e. The molecule has 0 heterocycles. The number of anilines is 1. The number of Topliss-reactive ketones (excluding diaryl/α,β-unsaturated/α-hetero) is 1. The van der Waals surface area contributed by atoms with E-state index in [2.05, 4.69) is 21.5 Å². The first kappa shape index (κ1) is 44.0. The molecule has 292 valence electrons. The molecule has 2 aromatic carbocycles. The normalized spacial score (nSPS) is 13.5. The summed E-state index contributed by atoms with van der Waals surface area (Å²) < 4.78 is 10.6. The van der Waals surface area contributed by atoms with Crippen LogP contribution >= 0.6 is 0 Å². The van der Waals surface area contributed by atoms with Gasteiger partial charge in [0.15, 0.2) is 0 Å². The molecule has 0 aliphatic rings. The maximum atomic E-state index is 13.2. The number of ether oxygens (including phenoxy) is 2. The number of carbonyl (C=O) groups excluding carboxylic acids is 6. The molecule has 0 aliphatic carbocycles. The molecule has 7 N–H and O–H groups in total. The Morgan fingerprint density at radius 2 is 1.43 bits per heavy atom. The van der Waals surface area contributed by atoms with Crippen molar-refractivity contribution in [1.82, 2.24) is 16.2 Å². The Labute approximate surface area is 312 Å². The van der Waals surface area contributed by atoms with Crippen LogP contribution in [-0.2, 0) is 41.7 Å². The minimum Gasteiger partial charge on any atom is -0.508 e. The Balaban J connectivity index is 1.90. The number of alkyl carbamates (subject to hydrolysis) is 1. The topological polar surface area (TPSA) is 215 Å². The molecule has 0 aromatic heterocycles. The first-order valence-corrected chi connectivity index (χ1v) is 18.0. The summed E-state index contributed by atoms with van der Waals surface area (Å²) >= 11 is 0. The summed E-state index contributed by atoms with van der Waals surface area (Å²) in [5, 5.41) is 15.3. The lowest BCUT2D eigenvalue weighted by Crippen LogP contribution is -2.46. The van der Waals surface area contributed by atoms with Gasteiger partial charge in [-0.1, -0.05) is 58.4 Å². The molecule has 0 aliphatic heterocycles. The van der Waals surface area contributed by atoms with E-state index < -0.39 is 47.5 Å². The predicted molar refractivity (Wildman–Crippen MR) is 200 cm³/mol. The number of carbonyl (C=O) groups is 6. The van der Waals surface area contributed by atoms with Gasteiger partial charge in [-0.3, -0.25) is 24.6 Å². The van der Waals surface area contributed by atoms with Crippen LogP contribution in [-0.4, -0.2) is 52.4 Å². The zero-order valence-electron chi connectivity index (χ0n) is 32.0. The standard InChI is InChI=1S/C39H57N5O9/c1-24(2)26(4)33(46)22-29(10-8-9-11-34(40)47)36(49)41-30-16-12-28(13-17-30)23-52-38(51)44-43-35(48)25(3)20-31(42-37(50)53-39(5,6)7)21-27-14-18-32(45)19-15-27/h12-19,24-26,29,31,45H,8-11,20-23H2,1-7H3,(H2,40,47)(H,41,49)(H,42,50)(H,43,48)(H,44,51)/t25-,26-,29+,31+/m0/s1. The summed E-state index contributed by atoms with van der Waals surface area (Å²) in [6.07, 6.45) is 0.929. The summed E-state index contributed by atoms with van der Waals surface area (Å²) in [7, 11) is 0. The quantitative estimate of drug-likeness (QED) is 0.0773. The Morgan fingerprint density at radius 1 is 0.811 bits per heavy atom. The average Bonchev–Trinajstić information content (AvgIpc) is 3.07. The molecule has 14 nitrogen and oxygen atoms in total. The van der Waals surface area contributed by atoms with E-state index in [0.29, 0.717) is 36.9 Å². The highest BCUT2D eigenvalue weighted by Gasteiger charge is 2.27. The van der Waals surface area contributed by atoms with E-state index >= 15 is 0 Å². The second-order valence-corrected chi connectivity index (χ2v) is 14.8. The first-order valence-electron chi connectivity index (χ1n) is 18.0. The fraction of sp³-hybridized carbons (Fsp3) is 0.538. The van der Waals surface area contributed by atoms with Crippen LogP contribution in [0.1, 0.15) is 98.1 Å². The van der Waals surface area contributed by atoms with Gasteiger partial charge in [0.1, 0.15) is 23.7 Å². The van der Waals surface area contributed by atoms with E-state index in [-0.39, 0.29) is 55.1 Å². The van der Waals surface area contributed by atoms with Gasteiger partial charge in [0.2, 0.25) is 17.7 Å². The van der Waals surface area contributed by atoms with Crippen molar-refractivity contribution in [3.05, 3.63) is 59.7 Å². The smallest absolute Gasteiger partial charge is 0.426 e. The number of rotatable bonds is 19. The summed E-state index contributed by atoms with van der Waals surface area (Å²) in [4.78, 5) is 74.8. The minimum absolute atomic E-state index is 0.0106. The number of amides is 5. The van der Waals surface area contributed by atoms with E-state index in [0.717, 1.165) is 5.56 Å². The third-order valence-electron chi connectivity index (χ3n) is 8.66. The van der Waals surface area contributed by atoms with Gasteiger partial charge in [0, 0.05) is 42.3 Å². The van der Waals surface area contributed by atoms with Crippen molar-refractivity contribution in [2.75, 3.05) is 5.32 Å². The maximum Gasteiger partial charge on any atom is 0.426 e.